The maximum absolute atomic E-state index is 5.88. The molecule has 1 unspecified atom stereocenters. The van der Waals surface area contributed by atoms with E-state index in [4.69, 9.17) is 15.0 Å². The van der Waals surface area contributed by atoms with E-state index in [9.17, 15) is 0 Å². The second-order valence-electron chi connectivity index (χ2n) is 4.59. The number of benzene rings is 1. The Labute approximate surface area is 105 Å². The molecular formula is C13H15N3O2. The molecule has 0 amide bonds. The van der Waals surface area contributed by atoms with Gasteiger partial charge in [-0.3, -0.25) is 0 Å². The minimum absolute atomic E-state index is 0.255. The molecule has 1 aliphatic rings. The Morgan fingerprint density at radius 1 is 1.39 bits per heavy atom. The highest BCUT2D eigenvalue weighted by Crippen LogP contribution is 2.27. The standard InChI is InChI=1S/C13H15N3O2/c1-8-2-3-9(6-11(8)14)13-15-12(16-18-13)10-4-5-17-7-10/h2-3,6,10H,4-5,7,14H2,1H3. The second-order valence-corrected chi connectivity index (χ2v) is 4.59. The zero-order chi connectivity index (χ0) is 12.5. The van der Waals surface area contributed by atoms with Gasteiger partial charge in [-0.25, -0.2) is 0 Å². The van der Waals surface area contributed by atoms with Crippen molar-refractivity contribution >= 4 is 5.69 Å². The molecule has 0 bridgehead atoms. The lowest BCUT2D eigenvalue weighted by Crippen LogP contribution is -1.99. The SMILES string of the molecule is Cc1ccc(-c2nc(C3CCOC3)no2)cc1N. The number of hydrogen-bond donors (Lipinski definition) is 1. The van der Waals surface area contributed by atoms with Crippen molar-refractivity contribution in [1.82, 2.24) is 10.1 Å². The maximum atomic E-state index is 5.88. The highest BCUT2D eigenvalue weighted by atomic mass is 16.5. The molecule has 18 heavy (non-hydrogen) atoms. The Hall–Kier alpha value is -1.88. The molecule has 1 atom stereocenters. The van der Waals surface area contributed by atoms with Crippen molar-refractivity contribution in [1.29, 1.82) is 0 Å². The number of anilines is 1. The van der Waals surface area contributed by atoms with Crippen LogP contribution in [0.15, 0.2) is 22.7 Å². The minimum atomic E-state index is 0.255. The van der Waals surface area contributed by atoms with Crippen LogP contribution in [-0.2, 0) is 4.74 Å². The molecule has 5 nitrogen and oxygen atoms in total. The van der Waals surface area contributed by atoms with Crippen LogP contribution in [0.1, 0.15) is 23.7 Å². The fourth-order valence-corrected chi connectivity index (χ4v) is 2.03. The van der Waals surface area contributed by atoms with Gasteiger partial charge >= 0.3 is 0 Å². The van der Waals surface area contributed by atoms with Crippen molar-refractivity contribution < 1.29 is 9.26 Å². The van der Waals surface area contributed by atoms with E-state index in [-0.39, 0.29) is 5.92 Å². The molecule has 5 heteroatoms. The average molecular weight is 245 g/mol. The summed E-state index contributed by atoms with van der Waals surface area (Å²) in [4.78, 5) is 4.42. The molecule has 2 heterocycles. The average Bonchev–Trinajstić information content (AvgIpc) is 3.01. The Morgan fingerprint density at radius 3 is 3.00 bits per heavy atom. The summed E-state index contributed by atoms with van der Waals surface area (Å²) in [5.74, 6) is 1.50. The van der Waals surface area contributed by atoms with Gasteiger partial charge in [0, 0.05) is 23.8 Å². The lowest BCUT2D eigenvalue weighted by Gasteiger charge is -2.01. The molecule has 1 aromatic carbocycles. The fraction of sp³-hybridized carbons (Fsp3) is 0.385. The maximum Gasteiger partial charge on any atom is 0.258 e. The number of hydrogen-bond acceptors (Lipinski definition) is 5. The van der Waals surface area contributed by atoms with E-state index in [1.807, 2.05) is 25.1 Å². The van der Waals surface area contributed by atoms with Gasteiger partial charge in [0.2, 0.25) is 0 Å². The fourth-order valence-electron chi connectivity index (χ4n) is 2.03. The summed E-state index contributed by atoms with van der Waals surface area (Å²) < 4.78 is 10.6. The van der Waals surface area contributed by atoms with E-state index in [2.05, 4.69) is 10.1 Å². The van der Waals surface area contributed by atoms with Gasteiger partial charge in [0.05, 0.1) is 6.61 Å². The van der Waals surface area contributed by atoms with Crippen molar-refractivity contribution in [3.8, 4) is 11.5 Å². The lowest BCUT2D eigenvalue weighted by molar-refractivity contribution is 0.192. The first-order valence-corrected chi connectivity index (χ1v) is 6.02. The van der Waals surface area contributed by atoms with Crippen LogP contribution in [-0.4, -0.2) is 23.4 Å². The smallest absolute Gasteiger partial charge is 0.258 e. The highest BCUT2D eigenvalue weighted by Gasteiger charge is 2.23. The summed E-state index contributed by atoms with van der Waals surface area (Å²) in [6.07, 6.45) is 0.953. The molecule has 0 spiro atoms. The Kier molecular flexibility index (Phi) is 2.76. The lowest BCUT2D eigenvalue weighted by atomic mass is 10.1. The molecule has 2 N–H and O–H groups in total. The van der Waals surface area contributed by atoms with Gasteiger partial charge in [0.15, 0.2) is 5.82 Å². The summed E-state index contributed by atoms with van der Waals surface area (Å²) in [6, 6.07) is 5.75. The third-order valence-electron chi connectivity index (χ3n) is 3.26. The number of ether oxygens (including phenoxy) is 1. The van der Waals surface area contributed by atoms with E-state index in [0.29, 0.717) is 12.5 Å². The van der Waals surface area contributed by atoms with Crippen molar-refractivity contribution in [2.45, 2.75) is 19.3 Å². The van der Waals surface area contributed by atoms with Gasteiger partial charge in [-0.1, -0.05) is 11.2 Å². The molecule has 1 aliphatic heterocycles. The molecule has 1 aromatic heterocycles. The zero-order valence-corrected chi connectivity index (χ0v) is 10.2. The highest BCUT2D eigenvalue weighted by molar-refractivity contribution is 5.62. The molecule has 2 aromatic rings. The predicted molar refractivity (Wildman–Crippen MR) is 67.1 cm³/mol. The monoisotopic (exact) mass is 245 g/mol. The van der Waals surface area contributed by atoms with Crippen LogP contribution in [0.2, 0.25) is 0 Å². The quantitative estimate of drug-likeness (QED) is 0.820. The molecule has 1 fully saturated rings. The predicted octanol–water partition coefficient (Wildman–Crippen LogP) is 2.13. The molecule has 1 saturated heterocycles. The van der Waals surface area contributed by atoms with Crippen LogP contribution in [0.4, 0.5) is 5.69 Å². The molecular weight excluding hydrogens is 230 g/mol. The normalized spacial score (nSPS) is 19.3. The summed E-state index contributed by atoms with van der Waals surface area (Å²) >= 11 is 0. The van der Waals surface area contributed by atoms with Crippen LogP contribution in [0.3, 0.4) is 0 Å². The first-order chi connectivity index (χ1) is 8.74. The van der Waals surface area contributed by atoms with Crippen LogP contribution < -0.4 is 5.73 Å². The van der Waals surface area contributed by atoms with Gasteiger partial charge < -0.3 is 15.0 Å². The van der Waals surface area contributed by atoms with Gasteiger partial charge in [0.1, 0.15) is 0 Å². The molecule has 3 rings (SSSR count). The zero-order valence-electron chi connectivity index (χ0n) is 10.2. The summed E-state index contributed by atoms with van der Waals surface area (Å²) in [6.45, 7) is 3.41. The summed E-state index contributed by atoms with van der Waals surface area (Å²) in [5.41, 5.74) is 8.51. The van der Waals surface area contributed by atoms with Gasteiger partial charge in [-0.15, -0.1) is 0 Å². The molecule has 0 aliphatic carbocycles. The molecule has 0 radical (unpaired) electrons. The number of aryl methyl sites for hydroxylation is 1. The number of nitrogens with zero attached hydrogens (tertiary/aromatic N) is 2. The first kappa shape index (κ1) is 11.2. The number of nitrogens with two attached hydrogens (primary N) is 1. The second kappa shape index (κ2) is 4.42. The Balaban J connectivity index is 1.89. The third-order valence-corrected chi connectivity index (χ3v) is 3.26. The van der Waals surface area contributed by atoms with E-state index in [0.717, 1.165) is 35.7 Å². The Bertz CT molecular complexity index is 559. The van der Waals surface area contributed by atoms with E-state index >= 15 is 0 Å². The van der Waals surface area contributed by atoms with E-state index in [1.165, 1.54) is 0 Å². The molecule has 0 saturated carbocycles. The van der Waals surface area contributed by atoms with Crippen molar-refractivity contribution in [3.63, 3.8) is 0 Å². The van der Waals surface area contributed by atoms with Gasteiger partial charge in [-0.05, 0) is 31.0 Å². The van der Waals surface area contributed by atoms with Crippen molar-refractivity contribution in [3.05, 3.63) is 29.6 Å². The van der Waals surface area contributed by atoms with Crippen LogP contribution in [0.5, 0.6) is 0 Å². The first-order valence-electron chi connectivity index (χ1n) is 6.02. The van der Waals surface area contributed by atoms with Gasteiger partial charge in [0.25, 0.3) is 5.89 Å². The van der Waals surface area contributed by atoms with Gasteiger partial charge in [-0.2, -0.15) is 4.98 Å². The largest absolute Gasteiger partial charge is 0.398 e. The number of aromatic nitrogens is 2. The summed E-state index contributed by atoms with van der Waals surface area (Å²) in [7, 11) is 0. The molecule has 94 valence electrons. The van der Waals surface area contributed by atoms with Crippen molar-refractivity contribution in [2.75, 3.05) is 18.9 Å². The number of nitrogen functional groups attached to an aromatic ring is 1. The van der Waals surface area contributed by atoms with Crippen molar-refractivity contribution in [2.24, 2.45) is 0 Å². The van der Waals surface area contributed by atoms with E-state index in [1.54, 1.807) is 0 Å². The van der Waals surface area contributed by atoms with Crippen LogP contribution >= 0.6 is 0 Å². The van der Waals surface area contributed by atoms with E-state index < -0.39 is 0 Å². The minimum Gasteiger partial charge on any atom is -0.398 e. The Morgan fingerprint density at radius 2 is 2.28 bits per heavy atom. The summed E-state index contributed by atoms with van der Waals surface area (Å²) in [5, 5.41) is 4.02. The number of rotatable bonds is 2. The third kappa shape index (κ3) is 1.97. The van der Waals surface area contributed by atoms with Crippen LogP contribution in [0, 0.1) is 6.92 Å². The van der Waals surface area contributed by atoms with Crippen LogP contribution in [0.25, 0.3) is 11.5 Å². The topological polar surface area (TPSA) is 74.2 Å².